The van der Waals surface area contributed by atoms with Crippen LogP contribution in [-0.2, 0) is 6.18 Å². The van der Waals surface area contributed by atoms with E-state index < -0.39 is 17.6 Å². The molecule has 1 aliphatic heterocycles. The zero-order valence-electron chi connectivity index (χ0n) is 21.3. The third kappa shape index (κ3) is 5.55. The maximum Gasteiger partial charge on any atom is 0.417 e. The number of nitrogens with two attached hydrogens (primary N) is 1. The third-order valence-electron chi connectivity index (χ3n) is 6.56. The zero-order valence-corrected chi connectivity index (χ0v) is 21.3. The SMILES string of the molecule is Cc1cc(Nc2cc(-c3c(C(N)=O)cccc3C(F)(F)F)ccc2C)n(-c2cc(NCC3CNC3)ncn2)n1. The Bertz CT molecular complexity index is 1530. The van der Waals surface area contributed by atoms with Crippen LogP contribution in [0.25, 0.3) is 16.9 Å². The second-order valence-corrected chi connectivity index (χ2v) is 9.49. The Kier molecular flexibility index (Phi) is 6.96. The van der Waals surface area contributed by atoms with Gasteiger partial charge in [0, 0.05) is 54.5 Å². The van der Waals surface area contributed by atoms with Gasteiger partial charge in [-0.25, -0.2) is 9.97 Å². The second kappa shape index (κ2) is 10.4. The minimum atomic E-state index is -4.68. The van der Waals surface area contributed by atoms with Gasteiger partial charge in [-0.3, -0.25) is 4.79 Å². The molecule has 0 aliphatic carbocycles. The van der Waals surface area contributed by atoms with E-state index in [0.717, 1.165) is 31.3 Å². The number of hydrogen-bond donors (Lipinski definition) is 4. The number of nitrogens with one attached hydrogen (secondary N) is 3. The van der Waals surface area contributed by atoms with Gasteiger partial charge in [-0.05, 0) is 43.2 Å². The van der Waals surface area contributed by atoms with Gasteiger partial charge in [0.2, 0.25) is 5.91 Å². The number of hydrogen-bond acceptors (Lipinski definition) is 7. The number of aromatic nitrogens is 4. The molecule has 4 aromatic rings. The van der Waals surface area contributed by atoms with Crippen molar-refractivity contribution < 1.29 is 18.0 Å². The van der Waals surface area contributed by atoms with Crippen molar-refractivity contribution in [3.8, 4) is 16.9 Å². The molecule has 0 bridgehead atoms. The predicted octanol–water partition coefficient (Wildman–Crippen LogP) is 4.44. The lowest BCUT2D eigenvalue weighted by Crippen LogP contribution is -2.45. The fraction of sp³-hybridized carbons (Fsp3) is 0.259. The normalized spacial score (nSPS) is 13.7. The largest absolute Gasteiger partial charge is 0.417 e. The summed E-state index contributed by atoms with van der Waals surface area (Å²) in [5, 5.41) is 14.4. The van der Waals surface area contributed by atoms with Crippen molar-refractivity contribution in [2.24, 2.45) is 11.7 Å². The van der Waals surface area contributed by atoms with Crippen molar-refractivity contribution in [3.05, 3.63) is 77.2 Å². The fourth-order valence-corrected chi connectivity index (χ4v) is 4.42. The molecule has 9 nitrogen and oxygen atoms in total. The van der Waals surface area contributed by atoms with E-state index in [4.69, 9.17) is 5.73 Å². The van der Waals surface area contributed by atoms with Crippen LogP contribution in [0.3, 0.4) is 0 Å². The molecule has 5 rings (SSSR count). The molecular weight excluding hydrogens is 509 g/mol. The number of rotatable bonds is 8. The molecule has 39 heavy (non-hydrogen) atoms. The van der Waals surface area contributed by atoms with E-state index >= 15 is 0 Å². The van der Waals surface area contributed by atoms with Gasteiger partial charge >= 0.3 is 6.18 Å². The third-order valence-corrected chi connectivity index (χ3v) is 6.56. The summed E-state index contributed by atoms with van der Waals surface area (Å²) in [7, 11) is 0. The minimum Gasteiger partial charge on any atom is -0.370 e. The van der Waals surface area contributed by atoms with Crippen molar-refractivity contribution in [1.82, 2.24) is 25.1 Å². The molecule has 0 unspecified atom stereocenters. The monoisotopic (exact) mass is 536 g/mol. The van der Waals surface area contributed by atoms with Crippen molar-refractivity contribution >= 4 is 23.2 Å². The molecule has 2 aromatic carbocycles. The number of carbonyl (C=O) groups is 1. The molecule has 12 heteroatoms. The number of amides is 1. The standard InChI is InChI=1S/C27H27F3N8O/c1-15-6-7-18(25-19(26(31)39)4-3-5-20(25)27(28,29)30)9-21(15)36-24-8-16(2)37-38(24)23-10-22(34-14-35-23)33-13-17-11-32-12-17/h3-10,14,17,32,36H,11-13H2,1-2H3,(H2,31,39)(H,33,34,35). The van der Waals surface area contributed by atoms with E-state index in [1.54, 1.807) is 35.0 Å². The van der Waals surface area contributed by atoms with Crippen LogP contribution in [0.4, 0.5) is 30.5 Å². The van der Waals surface area contributed by atoms with Crippen LogP contribution in [0.2, 0.25) is 0 Å². The first-order chi connectivity index (χ1) is 18.6. The molecule has 2 aromatic heterocycles. The van der Waals surface area contributed by atoms with Gasteiger partial charge in [-0.15, -0.1) is 0 Å². The molecule has 1 fully saturated rings. The summed E-state index contributed by atoms with van der Waals surface area (Å²) in [6, 6.07) is 11.8. The first-order valence-corrected chi connectivity index (χ1v) is 12.3. The molecule has 0 spiro atoms. The first-order valence-electron chi connectivity index (χ1n) is 12.3. The highest BCUT2D eigenvalue weighted by molar-refractivity contribution is 6.01. The molecule has 5 N–H and O–H groups in total. The van der Waals surface area contributed by atoms with E-state index in [2.05, 4.69) is 31.0 Å². The van der Waals surface area contributed by atoms with E-state index in [0.29, 0.717) is 34.8 Å². The van der Waals surface area contributed by atoms with E-state index in [-0.39, 0.29) is 16.7 Å². The summed E-state index contributed by atoms with van der Waals surface area (Å²) in [5.74, 6) is 1.33. The average molecular weight is 537 g/mol. The average Bonchev–Trinajstić information content (AvgIpc) is 3.23. The summed E-state index contributed by atoms with van der Waals surface area (Å²) in [6.45, 7) is 6.36. The fourth-order valence-electron chi connectivity index (χ4n) is 4.42. The van der Waals surface area contributed by atoms with E-state index in [9.17, 15) is 18.0 Å². The lowest BCUT2D eigenvalue weighted by molar-refractivity contribution is -0.137. The van der Waals surface area contributed by atoms with Crippen LogP contribution in [-0.4, -0.2) is 45.3 Å². The number of primary amides is 1. The van der Waals surface area contributed by atoms with Crippen LogP contribution in [0.5, 0.6) is 0 Å². The predicted molar refractivity (Wildman–Crippen MR) is 142 cm³/mol. The van der Waals surface area contributed by atoms with Gasteiger partial charge in [-0.1, -0.05) is 18.2 Å². The van der Waals surface area contributed by atoms with E-state index in [1.807, 2.05) is 13.8 Å². The Morgan fingerprint density at radius 2 is 1.92 bits per heavy atom. The van der Waals surface area contributed by atoms with Crippen molar-refractivity contribution in [3.63, 3.8) is 0 Å². The summed E-state index contributed by atoms with van der Waals surface area (Å²) >= 11 is 0. The molecule has 0 atom stereocenters. The van der Waals surface area contributed by atoms with Crippen LogP contribution in [0, 0.1) is 19.8 Å². The lowest BCUT2D eigenvalue weighted by Gasteiger charge is -2.27. The number of anilines is 3. The van der Waals surface area contributed by atoms with Crippen LogP contribution in [0.15, 0.2) is 54.9 Å². The summed E-state index contributed by atoms with van der Waals surface area (Å²) < 4.78 is 43.3. The second-order valence-electron chi connectivity index (χ2n) is 9.49. The number of alkyl halides is 3. The molecule has 1 amide bonds. The zero-order chi connectivity index (χ0) is 27.7. The van der Waals surface area contributed by atoms with Gasteiger partial charge < -0.3 is 21.7 Å². The molecule has 0 saturated carbocycles. The molecular formula is C27H27F3N8O. The highest BCUT2D eigenvalue weighted by atomic mass is 19.4. The number of benzene rings is 2. The van der Waals surface area contributed by atoms with Crippen molar-refractivity contribution in [2.45, 2.75) is 20.0 Å². The minimum absolute atomic E-state index is 0.201. The molecule has 0 radical (unpaired) electrons. The maximum absolute atomic E-state index is 13.9. The van der Waals surface area contributed by atoms with Gasteiger partial charge in [0.05, 0.1) is 11.3 Å². The molecule has 202 valence electrons. The lowest BCUT2D eigenvalue weighted by atomic mass is 9.92. The number of halogens is 3. The topological polar surface area (TPSA) is 123 Å². The maximum atomic E-state index is 13.9. The van der Waals surface area contributed by atoms with E-state index in [1.165, 1.54) is 18.5 Å². The van der Waals surface area contributed by atoms with Crippen molar-refractivity contribution in [2.75, 3.05) is 30.3 Å². The summed E-state index contributed by atoms with van der Waals surface area (Å²) in [5.41, 5.74) is 6.25. The Morgan fingerprint density at radius 3 is 2.62 bits per heavy atom. The van der Waals surface area contributed by atoms with Crippen LogP contribution >= 0.6 is 0 Å². The number of carbonyl (C=O) groups excluding carboxylic acids is 1. The number of nitrogens with zero attached hydrogens (tertiary/aromatic N) is 4. The Hall–Kier alpha value is -4.45. The van der Waals surface area contributed by atoms with Gasteiger partial charge in [0.15, 0.2) is 5.82 Å². The van der Waals surface area contributed by atoms with Gasteiger partial charge in [0.25, 0.3) is 0 Å². The summed E-state index contributed by atoms with van der Waals surface area (Å²) in [4.78, 5) is 20.7. The van der Waals surface area contributed by atoms with Crippen LogP contribution < -0.4 is 21.7 Å². The highest BCUT2D eigenvalue weighted by Gasteiger charge is 2.35. The van der Waals surface area contributed by atoms with Gasteiger partial charge in [0.1, 0.15) is 18.0 Å². The quantitative estimate of drug-likeness (QED) is 0.263. The van der Waals surface area contributed by atoms with Crippen molar-refractivity contribution in [1.29, 1.82) is 0 Å². The highest BCUT2D eigenvalue weighted by Crippen LogP contribution is 2.40. The Labute approximate surface area is 222 Å². The molecule has 1 aliphatic rings. The number of aryl methyl sites for hydroxylation is 2. The van der Waals surface area contributed by atoms with Crippen LogP contribution in [0.1, 0.15) is 27.2 Å². The van der Waals surface area contributed by atoms with Gasteiger partial charge in [-0.2, -0.15) is 23.0 Å². The molecule has 1 saturated heterocycles. The Morgan fingerprint density at radius 1 is 1.13 bits per heavy atom. The summed E-state index contributed by atoms with van der Waals surface area (Å²) in [6.07, 6.45) is -3.23. The first kappa shape index (κ1) is 26.2. The smallest absolute Gasteiger partial charge is 0.370 e. The molecule has 3 heterocycles. The Balaban J connectivity index is 1.50.